The number of hydrogen-bond acceptors (Lipinski definition) is 5. The predicted molar refractivity (Wildman–Crippen MR) is 103 cm³/mol. The summed E-state index contributed by atoms with van der Waals surface area (Å²) in [6.45, 7) is 0.131. The first-order chi connectivity index (χ1) is 12.1. The Bertz CT molecular complexity index is 819. The summed E-state index contributed by atoms with van der Waals surface area (Å²) in [5.41, 5.74) is 1.67. The molecule has 1 aliphatic heterocycles. The van der Waals surface area contributed by atoms with Crippen molar-refractivity contribution >= 4 is 50.6 Å². The molecule has 3 rings (SSSR count). The van der Waals surface area contributed by atoms with Crippen LogP contribution in [0.1, 0.15) is 5.56 Å². The van der Waals surface area contributed by atoms with Crippen molar-refractivity contribution in [3.8, 4) is 5.75 Å². The second-order valence-corrected chi connectivity index (χ2v) is 7.13. The van der Waals surface area contributed by atoms with Gasteiger partial charge in [0.25, 0.3) is 11.1 Å². The summed E-state index contributed by atoms with van der Waals surface area (Å²) in [4.78, 5) is 26.2. The molecule has 0 spiro atoms. The molecular weight excluding hydrogens is 404 g/mol. The zero-order valence-electron chi connectivity index (χ0n) is 13.4. The van der Waals surface area contributed by atoms with E-state index >= 15 is 0 Å². The number of imide groups is 1. The zero-order valence-corrected chi connectivity index (χ0v) is 15.8. The second kappa shape index (κ2) is 7.76. The third-order valence-electron chi connectivity index (χ3n) is 3.57. The molecular formula is C18H15BrN2O3S. The highest BCUT2D eigenvalue weighted by Crippen LogP contribution is 2.32. The van der Waals surface area contributed by atoms with Crippen molar-refractivity contribution in [1.29, 1.82) is 0 Å². The van der Waals surface area contributed by atoms with E-state index in [9.17, 15) is 9.59 Å². The van der Waals surface area contributed by atoms with E-state index in [1.807, 2.05) is 48.5 Å². The van der Waals surface area contributed by atoms with Crippen molar-refractivity contribution in [2.45, 2.75) is 0 Å². The summed E-state index contributed by atoms with van der Waals surface area (Å²) in [5.74, 6) is 0.444. The molecule has 1 heterocycles. The van der Waals surface area contributed by atoms with Gasteiger partial charge in [-0.1, -0.05) is 28.1 Å². The molecule has 0 radical (unpaired) electrons. The summed E-state index contributed by atoms with van der Waals surface area (Å²) in [7, 11) is 1.60. The maximum absolute atomic E-state index is 12.5. The van der Waals surface area contributed by atoms with Crippen LogP contribution in [0.3, 0.4) is 0 Å². The lowest BCUT2D eigenvalue weighted by molar-refractivity contribution is -0.122. The standard InChI is InChI=1S/C18H15BrN2O3S/c1-24-15-8-2-12(3-9-15)10-16-17(22)21(18(23)25-16)11-20-14-6-4-13(19)5-7-14/h2-10,20H,11H2,1H3. The number of halogens is 1. The van der Waals surface area contributed by atoms with Gasteiger partial charge in [0.15, 0.2) is 0 Å². The quantitative estimate of drug-likeness (QED) is 0.720. The number of carbonyl (C=O) groups is 2. The highest BCUT2D eigenvalue weighted by atomic mass is 79.9. The molecule has 5 nitrogen and oxygen atoms in total. The Hall–Kier alpha value is -2.25. The van der Waals surface area contributed by atoms with Crippen LogP contribution >= 0.6 is 27.7 Å². The lowest BCUT2D eigenvalue weighted by atomic mass is 10.2. The lowest BCUT2D eigenvalue weighted by Crippen LogP contribution is -2.33. The van der Waals surface area contributed by atoms with Crippen LogP contribution < -0.4 is 10.1 Å². The third kappa shape index (κ3) is 4.24. The van der Waals surface area contributed by atoms with E-state index in [2.05, 4.69) is 21.2 Å². The zero-order chi connectivity index (χ0) is 17.8. The Morgan fingerprint density at radius 2 is 1.80 bits per heavy atom. The average molecular weight is 419 g/mol. The normalized spacial score (nSPS) is 15.8. The van der Waals surface area contributed by atoms with Crippen LogP contribution in [0.25, 0.3) is 6.08 Å². The first-order valence-electron chi connectivity index (χ1n) is 7.45. The predicted octanol–water partition coefficient (Wildman–Crippen LogP) is 4.56. The van der Waals surface area contributed by atoms with Crippen LogP contribution in [0.15, 0.2) is 57.9 Å². The van der Waals surface area contributed by atoms with Gasteiger partial charge in [0.05, 0.1) is 18.7 Å². The number of ether oxygens (including phenoxy) is 1. The van der Waals surface area contributed by atoms with Gasteiger partial charge in [0.2, 0.25) is 0 Å². The molecule has 0 saturated carbocycles. The van der Waals surface area contributed by atoms with Gasteiger partial charge in [-0.3, -0.25) is 14.5 Å². The van der Waals surface area contributed by atoms with E-state index in [0.717, 1.165) is 33.2 Å². The Morgan fingerprint density at radius 1 is 1.12 bits per heavy atom. The number of benzene rings is 2. The van der Waals surface area contributed by atoms with Crippen LogP contribution in [-0.4, -0.2) is 29.8 Å². The SMILES string of the molecule is COc1ccc(C=C2SC(=O)N(CNc3ccc(Br)cc3)C2=O)cc1. The van der Waals surface area contributed by atoms with E-state index in [1.54, 1.807) is 13.2 Å². The van der Waals surface area contributed by atoms with Crippen molar-refractivity contribution in [2.75, 3.05) is 19.1 Å². The van der Waals surface area contributed by atoms with Gasteiger partial charge in [0.1, 0.15) is 5.75 Å². The van der Waals surface area contributed by atoms with E-state index in [1.165, 1.54) is 4.90 Å². The molecule has 0 aromatic heterocycles. The van der Waals surface area contributed by atoms with Crippen molar-refractivity contribution in [1.82, 2.24) is 4.90 Å². The highest BCUT2D eigenvalue weighted by Gasteiger charge is 2.34. The number of thioether (sulfide) groups is 1. The average Bonchev–Trinajstić information content (AvgIpc) is 2.89. The molecule has 2 aromatic carbocycles. The fraction of sp³-hybridized carbons (Fsp3) is 0.111. The molecule has 128 valence electrons. The summed E-state index contributed by atoms with van der Waals surface area (Å²) < 4.78 is 6.07. The number of nitrogens with one attached hydrogen (secondary N) is 1. The van der Waals surface area contributed by atoms with Crippen molar-refractivity contribution in [3.63, 3.8) is 0 Å². The number of methoxy groups -OCH3 is 1. The van der Waals surface area contributed by atoms with Crippen molar-refractivity contribution < 1.29 is 14.3 Å². The van der Waals surface area contributed by atoms with E-state index in [0.29, 0.717) is 4.91 Å². The van der Waals surface area contributed by atoms with Crippen LogP contribution in [0.5, 0.6) is 5.75 Å². The van der Waals surface area contributed by atoms with E-state index in [-0.39, 0.29) is 17.8 Å². The number of carbonyl (C=O) groups excluding carboxylic acids is 2. The van der Waals surface area contributed by atoms with Crippen LogP contribution in [0.2, 0.25) is 0 Å². The van der Waals surface area contributed by atoms with Crippen LogP contribution in [0.4, 0.5) is 10.5 Å². The molecule has 0 bridgehead atoms. The fourth-order valence-electron chi connectivity index (χ4n) is 2.23. The summed E-state index contributed by atoms with van der Waals surface area (Å²) in [6.07, 6.45) is 1.71. The number of hydrogen-bond donors (Lipinski definition) is 1. The Kier molecular flexibility index (Phi) is 5.45. The smallest absolute Gasteiger partial charge is 0.295 e. The molecule has 0 aliphatic carbocycles. The summed E-state index contributed by atoms with van der Waals surface area (Å²) in [6, 6.07) is 14.8. The highest BCUT2D eigenvalue weighted by molar-refractivity contribution is 9.10. The van der Waals surface area contributed by atoms with Gasteiger partial charge < -0.3 is 10.1 Å². The van der Waals surface area contributed by atoms with Crippen LogP contribution in [0, 0.1) is 0 Å². The van der Waals surface area contributed by atoms with Gasteiger partial charge in [-0.2, -0.15) is 0 Å². The van der Waals surface area contributed by atoms with Crippen LogP contribution in [-0.2, 0) is 4.79 Å². The number of anilines is 1. The first kappa shape index (κ1) is 17.6. The van der Waals surface area contributed by atoms with E-state index in [4.69, 9.17) is 4.74 Å². The maximum Gasteiger partial charge on any atom is 0.295 e. The lowest BCUT2D eigenvalue weighted by Gasteiger charge is -2.14. The molecule has 2 amide bonds. The van der Waals surface area contributed by atoms with Crippen molar-refractivity contribution in [2.24, 2.45) is 0 Å². The second-order valence-electron chi connectivity index (χ2n) is 5.22. The van der Waals surface area contributed by atoms with Gasteiger partial charge >= 0.3 is 0 Å². The van der Waals surface area contributed by atoms with E-state index < -0.39 is 0 Å². The summed E-state index contributed by atoms with van der Waals surface area (Å²) in [5, 5.41) is 2.80. The molecule has 1 saturated heterocycles. The number of amides is 2. The van der Waals surface area contributed by atoms with Crippen molar-refractivity contribution in [3.05, 3.63) is 63.5 Å². The maximum atomic E-state index is 12.5. The molecule has 2 aromatic rings. The minimum Gasteiger partial charge on any atom is -0.497 e. The first-order valence-corrected chi connectivity index (χ1v) is 9.06. The largest absolute Gasteiger partial charge is 0.497 e. The molecule has 25 heavy (non-hydrogen) atoms. The fourth-order valence-corrected chi connectivity index (χ4v) is 3.33. The minimum atomic E-state index is -0.296. The molecule has 1 fully saturated rings. The number of nitrogens with zero attached hydrogens (tertiary/aromatic N) is 1. The molecule has 0 atom stereocenters. The minimum absolute atomic E-state index is 0.131. The third-order valence-corrected chi connectivity index (χ3v) is 5.01. The Labute approximate surface area is 158 Å². The summed E-state index contributed by atoms with van der Waals surface area (Å²) >= 11 is 4.31. The molecule has 7 heteroatoms. The van der Waals surface area contributed by atoms with Gasteiger partial charge in [0, 0.05) is 10.2 Å². The van der Waals surface area contributed by atoms with Gasteiger partial charge in [-0.25, -0.2) is 0 Å². The topological polar surface area (TPSA) is 58.6 Å². The molecule has 1 N–H and O–H groups in total. The number of rotatable bonds is 5. The Balaban J connectivity index is 1.68. The Morgan fingerprint density at radius 3 is 2.44 bits per heavy atom. The molecule has 0 unspecified atom stereocenters. The van der Waals surface area contributed by atoms with Gasteiger partial charge in [-0.15, -0.1) is 0 Å². The monoisotopic (exact) mass is 418 g/mol. The molecule has 1 aliphatic rings. The van der Waals surface area contributed by atoms with Gasteiger partial charge in [-0.05, 0) is 59.8 Å².